The molecule has 0 fully saturated rings. The molecular formula is C24H17BrN4O7. The number of benzene rings is 3. The lowest BCUT2D eigenvalue weighted by Gasteiger charge is -2.08. The molecule has 3 aromatic carbocycles. The van der Waals surface area contributed by atoms with Gasteiger partial charge >= 0.3 is 0 Å². The van der Waals surface area contributed by atoms with Crippen molar-refractivity contribution >= 4 is 49.5 Å². The van der Waals surface area contributed by atoms with E-state index in [0.717, 1.165) is 4.47 Å². The molecule has 2 aromatic heterocycles. The molecule has 0 aliphatic heterocycles. The number of carbonyl (C=O) groups excluding carboxylic acids is 1. The number of phenols is 3. The van der Waals surface area contributed by atoms with Crippen LogP contribution < -0.4 is 15.5 Å². The average Bonchev–Trinajstić information content (AvgIpc) is 3.26. The summed E-state index contributed by atoms with van der Waals surface area (Å²) in [7, 11) is 0. The summed E-state index contributed by atoms with van der Waals surface area (Å²) in [4.78, 5) is 25.0. The van der Waals surface area contributed by atoms with Gasteiger partial charge in [-0.1, -0.05) is 21.1 Å². The maximum atomic E-state index is 12.8. The second kappa shape index (κ2) is 9.23. The van der Waals surface area contributed by atoms with Crippen molar-refractivity contribution in [1.82, 2.24) is 15.0 Å². The minimum absolute atomic E-state index is 0.0260. The van der Waals surface area contributed by atoms with Crippen molar-refractivity contribution in [3.8, 4) is 23.0 Å². The smallest absolute Gasteiger partial charge is 0.246 e. The van der Waals surface area contributed by atoms with E-state index in [0.29, 0.717) is 22.4 Å². The van der Waals surface area contributed by atoms with Crippen LogP contribution in [-0.4, -0.2) is 36.2 Å². The predicted molar refractivity (Wildman–Crippen MR) is 132 cm³/mol. The van der Waals surface area contributed by atoms with Crippen molar-refractivity contribution in [3.63, 3.8) is 0 Å². The number of ether oxygens (including phenoxy) is 1. The Morgan fingerprint density at radius 3 is 2.67 bits per heavy atom. The first-order valence-corrected chi connectivity index (χ1v) is 11.3. The fourth-order valence-corrected chi connectivity index (χ4v) is 3.92. The largest absolute Gasteiger partial charge is 0.507 e. The van der Waals surface area contributed by atoms with Crippen LogP contribution in [-0.2, 0) is 17.9 Å². The topological polar surface area (TPSA) is 160 Å². The molecule has 36 heavy (non-hydrogen) atoms. The number of nitrogens with one attached hydrogen (secondary N) is 1. The lowest BCUT2D eigenvalue weighted by atomic mass is 10.1. The van der Waals surface area contributed by atoms with Gasteiger partial charge in [-0.3, -0.25) is 9.59 Å². The first-order valence-electron chi connectivity index (χ1n) is 10.5. The molecule has 1 amide bonds. The minimum Gasteiger partial charge on any atom is -0.507 e. The van der Waals surface area contributed by atoms with Gasteiger partial charge in [0.2, 0.25) is 11.3 Å². The summed E-state index contributed by atoms with van der Waals surface area (Å²) in [5.74, 6) is -1.10. The molecule has 5 rings (SSSR count). The van der Waals surface area contributed by atoms with Gasteiger partial charge in [-0.15, -0.1) is 5.10 Å². The van der Waals surface area contributed by atoms with E-state index in [1.54, 1.807) is 18.2 Å². The van der Waals surface area contributed by atoms with Crippen molar-refractivity contribution < 1.29 is 29.3 Å². The quantitative estimate of drug-likeness (QED) is 0.140. The van der Waals surface area contributed by atoms with E-state index in [4.69, 9.17) is 9.15 Å². The van der Waals surface area contributed by atoms with Gasteiger partial charge in [0.15, 0.2) is 11.5 Å². The summed E-state index contributed by atoms with van der Waals surface area (Å²) in [6.45, 7) is -0.180. The number of fused-ring (bicyclic) bond motifs is 2. The van der Waals surface area contributed by atoms with Crippen LogP contribution in [0.1, 0.15) is 5.69 Å². The van der Waals surface area contributed by atoms with Gasteiger partial charge in [-0.2, -0.15) is 0 Å². The van der Waals surface area contributed by atoms with Crippen molar-refractivity contribution in [2.45, 2.75) is 13.2 Å². The first-order chi connectivity index (χ1) is 17.3. The third-order valence-corrected chi connectivity index (χ3v) is 5.72. The second-order valence-electron chi connectivity index (χ2n) is 7.84. The Kier molecular flexibility index (Phi) is 5.94. The lowest BCUT2D eigenvalue weighted by molar-refractivity contribution is -0.116. The summed E-state index contributed by atoms with van der Waals surface area (Å²) in [6, 6.07) is 11.7. The van der Waals surface area contributed by atoms with Gasteiger partial charge in [0.05, 0.1) is 11.6 Å². The molecule has 12 heteroatoms. The number of nitrogens with zero attached hydrogens (tertiary/aromatic N) is 3. The van der Waals surface area contributed by atoms with E-state index in [1.165, 1.54) is 41.2 Å². The van der Waals surface area contributed by atoms with Crippen LogP contribution in [0.3, 0.4) is 0 Å². The van der Waals surface area contributed by atoms with E-state index in [-0.39, 0.29) is 52.5 Å². The van der Waals surface area contributed by atoms with Crippen molar-refractivity contribution in [2.24, 2.45) is 0 Å². The highest BCUT2D eigenvalue weighted by molar-refractivity contribution is 9.10. The van der Waals surface area contributed by atoms with Crippen LogP contribution in [0, 0.1) is 0 Å². The Bertz CT molecular complexity index is 1700. The van der Waals surface area contributed by atoms with E-state index in [2.05, 4.69) is 31.6 Å². The molecule has 182 valence electrons. The molecule has 4 N–H and O–H groups in total. The Balaban J connectivity index is 1.28. The SMILES string of the molecule is O=C(Cn1cc(COc2cc(O)c3c(=O)c4ccc(Br)cc4oc3c2)nn1)Nc1ccc(O)c(O)c1. The first kappa shape index (κ1) is 23.2. The molecule has 0 bridgehead atoms. The number of anilines is 1. The van der Waals surface area contributed by atoms with Crippen molar-refractivity contribution in [2.75, 3.05) is 5.32 Å². The highest BCUT2D eigenvalue weighted by Gasteiger charge is 2.15. The molecule has 2 heterocycles. The lowest BCUT2D eigenvalue weighted by Crippen LogP contribution is -2.19. The van der Waals surface area contributed by atoms with Crippen LogP contribution in [0.4, 0.5) is 5.69 Å². The summed E-state index contributed by atoms with van der Waals surface area (Å²) < 4.78 is 13.6. The molecule has 0 atom stereocenters. The zero-order valence-corrected chi connectivity index (χ0v) is 19.9. The summed E-state index contributed by atoms with van der Waals surface area (Å²) in [6.07, 6.45) is 1.51. The van der Waals surface area contributed by atoms with Crippen LogP contribution in [0.5, 0.6) is 23.0 Å². The second-order valence-corrected chi connectivity index (χ2v) is 8.75. The molecule has 11 nitrogen and oxygen atoms in total. The summed E-state index contributed by atoms with van der Waals surface area (Å²) >= 11 is 3.34. The summed E-state index contributed by atoms with van der Waals surface area (Å²) in [5.41, 5.74) is 0.894. The molecule has 5 aromatic rings. The molecule has 0 aliphatic rings. The molecule has 0 unspecified atom stereocenters. The third kappa shape index (κ3) is 4.66. The Hall–Kier alpha value is -4.58. The molecule has 0 spiro atoms. The van der Waals surface area contributed by atoms with Crippen molar-refractivity contribution in [3.05, 3.63) is 75.1 Å². The number of hydrogen-bond donors (Lipinski definition) is 4. The monoisotopic (exact) mass is 552 g/mol. The summed E-state index contributed by atoms with van der Waals surface area (Å²) in [5, 5.41) is 40.1. The van der Waals surface area contributed by atoms with Gasteiger partial charge < -0.3 is 29.8 Å². The molecule has 0 saturated carbocycles. The number of hydrogen-bond acceptors (Lipinski definition) is 9. The fourth-order valence-electron chi connectivity index (χ4n) is 3.58. The van der Waals surface area contributed by atoms with Crippen LogP contribution in [0.25, 0.3) is 21.9 Å². The van der Waals surface area contributed by atoms with E-state index in [1.807, 2.05) is 0 Å². The van der Waals surface area contributed by atoms with Gasteiger partial charge in [0.25, 0.3) is 0 Å². The molecule has 0 saturated heterocycles. The van der Waals surface area contributed by atoms with Crippen LogP contribution in [0.2, 0.25) is 0 Å². The minimum atomic E-state index is -0.425. The standard InChI is InChI=1S/C24H17BrN4O7/c25-12-1-3-16-20(5-12)36-21-8-15(7-19(32)23(21)24(16)34)35-11-14-9-29(28-27-14)10-22(33)26-13-2-4-17(30)18(31)6-13/h1-9,30-32H,10-11H2,(H,26,33). The normalized spacial score (nSPS) is 11.1. The van der Waals surface area contributed by atoms with Gasteiger partial charge in [-0.05, 0) is 30.3 Å². The maximum Gasteiger partial charge on any atom is 0.246 e. The number of aromatic nitrogens is 3. The maximum absolute atomic E-state index is 12.8. The van der Waals surface area contributed by atoms with Gasteiger partial charge in [0.1, 0.15) is 46.9 Å². The van der Waals surface area contributed by atoms with E-state index >= 15 is 0 Å². The number of aromatic hydroxyl groups is 3. The van der Waals surface area contributed by atoms with Crippen LogP contribution in [0.15, 0.2) is 68.4 Å². The highest BCUT2D eigenvalue weighted by Crippen LogP contribution is 2.31. The van der Waals surface area contributed by atoms with Gasteiger partial charge in [0, 0.05) is 28.4 Å². The third-order valence-electron chi connectivity index (χ3n) is 5.23. The Morgan fingerprint density at radius 2 is 1.86 bits per heavy atom. The number of halogens is 1. The number of amides is 1. The number of rotatable bonds is 6. The predicted octanol–water partition coefficient (Wildman–Crippen LogP) is 3.63. The Morgan fingerprint density at radius 1 is 1.03 bits per heavy atom. The Labute approximate surface area is 210 Å². The average molecular weight is 553 g/mol. The zero-order chi connectivity index (χ0) is 25.4. The van der Waals surface area contributed by atoms with E-state index in [9.17, 15) is 24.9 Å². The number of carbonyl (C=O) groups is 1. The number of phenolic OH excluding ortho intramolecular Hbond substituents is 3. The molecule has 0 aliphatic carbocycles. The molecule has 0 radical (unpaired) electrons. The highest BCUT2D eigenvalue weighted by atomic mass is 79.9. The van der Waals surface area contributed by atoms with Crippen LogP contribution >= 0.6 is 15.9 Å². The molecular weight excluding hydrogens is 536 g/mol. The fraction of sp³-hybridized carbons (Fsp3) is 0.0833. The van der Waals surface area contributed by atoms with E-state index < -0.39 is 5.91 Å². The van der Waals surface area contributed by atoms with Gasteiger partial charge in [-0.25, -0.2) is 4.68 Å². The van der Waals surface area contributed by atoms with Crippen molar-refractivity contribution in [1.29, 1.82) is 0 Å². The zero-order valence-electron chi connectivity index (χ0n) is 18.3.